The number of nitrogens with zero attached hydrogens (tertiary/aromatic N) is 6. The first-order chi connectivity index (χ1) is 15.2. The van der Waals surface area contributed by atoms with Gasteiger partial charge in [0.1, 0.15) is 5.82 Å². The van der Waals surface area contributed by atoms with Gasteiger partial charge in [0.25, 0.3) is 0 Å². The predicted octanol–water partition coefficient (Wildman–Crippen LogP) is 1.93. The molecule has 2 fully saturated rings. The molecule has 31 heavy (non-hydrogen) atoms. The number of benzene rings is 1. The fraction of sp³-hybridized carbons (Fsp3) is 0.583. The molecule has 1 aromatic heterocycles. The van der Waals surface area contributed by atoms with Gasteiger partial charge in [0.05, 0.1) is 18.9 Å². The molecule has 0 spiro atoms. The van der Waals surface area contributed by atoms with Gasteiger partial charge >= 0.3 is 0 Å². The lowest BCUT2D eigenvalue weighted by atomic mass is 10.0. The van der Waals surface area contributed by atoms with Gasteiger partial charge < -0.3 is 19.4 Å². The Morgan fingerprint density at radius 2 is 1.74 bits per heavy atom. The molecule has 5 rings (SSSR count). The number of ether oxygens (including phenoxy) is 1. The molecule has 0 aliphatic carbocycles. The van der Waals surface area contributed by atoms with Gasteiger partial charge in [-0.25, -0.2) is 4.98 Å². The van der Waals surface area contributed by atoms with Gasteiger partial charge in [-0.2, -0.15) is 4.98 Å². The first-order valence-electron chi connectivity index (χ1n) is 11.6. The smallest absolute Gasteiger partial charge is 0.227 e. The van der Waals surface area contributed by atoms with Gasteiger partial charge in [0, 0.05) is 70.9 Å². The Hall–Kier alpha value is -2.22. The number of aromatic nitrogens is 2. The molecule has 1 aromatic carbocycles. The Morgan fingerprint density at radius 3 is 2.52 bits per heavy atom. The van der Waals surface area contributed by atoms with Crippen LogP contribution in [0.5, 0.6) is 0 Å². The van der Waals surface area contributed by atoms with Crippen molar-refractivity contribution in [1.82, 2.24) is 19.8 Å². The number of likely N-dealkylation sites (N-methyl/N-ethyl adjacent to an activating group) is 1. The lowest BCUT2D eigenvalue weighted by Crippen LogP contribution is -2.46. The minimum absolute atomic E-state index is 0.773. The Balaban J connectivity index is 1.42. The molecule has 2 aromatic rings. The fourth-order valence-corrected chi connectivity index (χ4v) is 4.83. The van der Waals surface area contributed by atoms with Gasteiger partial charge in [-0.1, -0.05) is 29.8 Å². The highest BCUT2D eigenvalue weighted by atomic mass is 16.5. The summed E-state index contributed by atoms with van der Waals surface area (Å²) in [5.41, 5.74) is 5.26. The van der Waals surface area contributed by atoms with Crippen LogP contribution in [-0.2, 0) is 24.2 Å². The van der Waals surface area contributed by atoms with Crippen molar-refractivity contribution >= 4 is 11.8 Å². The molecular formula is C24H34N6O. The number of rotatable bonds is 4. The maximum atomic E-state index is 5.62. The van der Waals surface area contributed by atoms with Crippen molar-refractivity contribution in [3.63, 3.8) is 0 Å². The number of piperazine rings is 1. The molecule has 0 atom stereocenters. The van der Waals surface area contributed by atoms with E-state index in [1.54, 1.807) is 0 Å². The van der Waals surface area contributed by atoms with Gasteiger partial charge in [-0.15, -0.1) is 0 Å². The quantitative estimate of drug-likeness (QED) is 0.746. The van der Waals surface area contributed by atoms with Gasteiger partial charge in [-0.05, 0) is 19.5 Å². The number of morpholine rings is 1. The summed E-state index contributed by atoms with van der Waals surface area (Å²) < 4.78 is 5.62. The molecule has 3 aliphatic rings. The van der Waals surface area contributed by atoms with Crippen molar-refractivity contribution < 1.29 is 4.74 Å². The summed E-state index contributed by atoms with van der Waals surface area (Å²) >= 11 is 0. The summed E-state index contributed by atoms with van der Waals surface area (Å²) in [5, 5.41) is 0. The number of hydrogen-bond acceptors (Lipinski definition) is 7. The molecule has 0 saturated carbocycles. The predicted molar refractivity (Wildman–Crippen MR) is 124 cm³/mol. The minimum atomic E-state index is 0.773. The minimum Gasteiger partial charge on any atom is -0.378 e. The topological polar surface area (TPSA) is 48.0 Å². The first kappa shape index (κ1) is 20.7. The molecule has 166 valence electrons. The van der Waals surface area contributed by atoms with Crippen molar-refractivity contribution in [1.29, 1.82) is 0 Å². The standard InChI is InChI=1S/C24H34N6O/c1-19-4-3-5-20(16-19)17-28-7-6-22-21(18-28)23(29-12-14-31-15-13-29)26-24(25-22)30-10-8-27(2)9-11-30/h3-5,16H,6-15,17-18H2,1-2H3. The Bertz CT molecular complexity index is 905. The Morgan fingerprint density at radius 1 is 0.935 bits per heavy atom. The monoisotopic (exact) mass is 422 g/mol. The maximum absolute atomic E-state index is 5.62. The van der Waals surface area contributed by atoms with Crippen LogP contribution >= 0.6 is 0 Å². The van der Waals surface area contributed by atoms with Crippen LogP contribution in [0.3, 0.4) is 0 Å². The average Bonchev–Trinajstić information content (AvgIpc) is 2.79. The van der Waals surface area contributed by atoms with E-state index in [1.807, 2.05) is 0 Å². The third-order valence-corrected chi connectivity index (χ3v) is 6.69. The van der Waals surface area contributed by atoms with Crippen LogP contribution in [0, 0.1) is 6.92 Å². The summed E-state index contributed by atoms with van der Waals surface area (Å²) in [5.74, 6) is 2.05. The third-order valence-electron chi connectivity index (χ3n) is 6.69. The van der Waals surface area contributed by atoms with Crippen LogP contribution in [0.15, 0.2) is 24.3 Å². The second kappa shape index (κ2) is 9.10. The van der Waals surface area contributed by atoms with Crippen LogP contribution in [0.2, 0.25) is 0 Å². The third kappa shape index (κ3) is 4.68. The first-order valence-corrected chi connectivity index (χ1v) is 11.6. The lowest BCUT2D eigenvalue weighted by Gasteiger charge is -2.37. The van der Waals surface area contributed by atoms with E-state index < -0.39 is 0 Å². The molecule has 0 radical (unpaired) electrons. The largest absolute Gasteiger partial charge is 0.378 e. The van der Waals surface area contributed by atoms with Crippen LogP contribution < -0.4 is 9.80 Å². The molecule has 0 bridgehead atoms. The zero-order valence-electron chi connectivity index (χ0n) is 18.9. The number of aryl methyl sites for hydroxylation is 1. The Kier molecular flexibility index (Phi) is 6.07. The second-order valence-corrected chi connectivity index (χ2v) is 9.11. The molecule has 3 aliphatic heterocycles. The molecule has 2 saturated heterocycles. The van der Waals surface area contributed by atoms with Gasteiger partial charge in [0.15, 0.2) is 0 Å². The van der Waals surface area contributed by atoms with Crippen molar-refractivity contribution in [3.8, 4) is 0 Å². The van der Waals surface area contributed by atoms with E-state index >= 15 is 0 Å². The summed E-state index contributed by atoms with van der Waals surface area (Å²) in [6.45, 7) is 12.6. The highest BCUT2D eigenvalue weighted by Gasteiger charge is 2.28. The average molecular weight is 423 g/mol. The SMILES string of the molecule is Cc1cccc(CN2CCc3nc(N4CCN(C)CC4)nc(N4CCOCC4)c3C2)c1. The van der Waals surface area contributed by atoms with Gasteiger partial charge in [0.2, 0.25) is 5.95 Å². The summed E-state index contributed by atoms with van der Waals surface area (Å²) in [4.78, 5) is 19.9. The summed E-state index contributed by atoms with van der Waals surface area (Å²) in [7, 11) is 2.19. The van der Waals surface area contributed by atoms with Crippen molar-refractivity contribution in [2.45, 2.75) is 26.4 Å². The molecule has 4 heterocycles. The molecular weight excluding hydrogens is 388 g/mol. The zero-order chi connectivity index (χ0) is 21.2. The number of hydrogen-bond donors (Lipinski definition) is 0. The van der Waals surface area contributed by atoms with Crippen molar-refractivity contribution in [3.05, 3.63) is 46.6 Å². The van der Waals surface area contributed by atoms with Crippen LogP contribution in [-0.4, -0.2) is 85.8 Å². The number of fused-ring (bicyclic) bond motifs is 1. The number of anilines is 2. The van der Waals surface area contributed by atoms with Gasteiger partial charge in [-0.3, -0.25) is 4.90 Å². The summed E-state index contributed by atoms with van der Waals surface area (Å²) in [6, 6.07) is 8.86. The highest BCUT2D eigenvalue weighted by Crippen LogP contribution is 2.30. The second-order valence-electron chi connectivity index (χ2n) is 9.11. The molecule has 0 unspecified atom stereocenters. The fourth-order valence-electron chi connectivity index (χ4n) is 4.83. The van der Waals surface area contributed by atoms with E-state index in [4.69, 9.17) is 14.7 Å². The van der Waals surface area contributed by atoms with Crippen LogP contribution in [0.1, 0.15) is 22.4 Å². The van der Waals surface area contributed by atoms with E-state index in [9.17, 15) is 0 Å². The normalized spacial score (nSPS) is 20.7. The van der Waals surface area contributed by atoms with E-state index in [0.717, 1.165) is 90.3 Å². The summed E-state index contributed by atoms with van der Waals surface area (Å²) in [6.07, 6.45) is 0.988. The van der Waals surface area contributed by atoms with Crippen molar-refractivity contribution in [2.24, 2.45) is 0 Å². The highest BCUT2D eigenvalue weighted by molar-refractivity contribution is 5.54. The van der Waals surface area contributed by atoms with Crippen LogP contribution in [0.4, 0.5) is 11.8 Å². The molecule has 7 nitrogen and oxygen atoms in total. The Labute approximate surface area is 185 Å². The molecule has 0 N–H and O–H groups in total. The van der Waals surface area contributed by atoms with Crippen molar-refractivity contribution in [2.75, 3.05) is 75.9 Å². The molecule has 7 heteroatoms. The van der Waals surface area contributed by atoms with E-state index in [-0.39, 0.29) is 0 Å². The van der Waals surface area contributed by atoms with E-state index in [0.29, 0.717) is 0 Å². The zero-order valence-corrected chi connectivity index (χ0v) is 18.9. The lowest BCUT2D eigenvalue weighted by molar-refractivity contribution is 0.122. The van der Waals surface area contributed by atoms with E-state index in [2.05, 4.69) is 57.8 Å². The maximum Gasteiger partial charge on any atom is 0.227 e. The van der Waals surface area contributed by atoms with E-state index in [1.165, 1.54) is 22.4 Å². The molecule has 0 amide bonds. The van der Waals surface area contributed by atoms with Crippen LogP contribution in [0.25, 0.3) is 0 Å².